The molecule has 0 spiro atoms. The van der Waals surface area contributed by atoms with Crippen molar-refractivity contribution in [3.05, 3.63) is 11.4 Å². The maximum absolute atomic E-state index is 11.9. The van der Waals surface area contributed by atoms with Crippen LogP contribution in [0.2, 0.25) is 0 Å². The van der Waals surface area contributed by atoms with E-state index in [1.807, 2.05) is 11.8 Å². The highest BCUT2D eigenvalue weighted by atomic mass is 16.2. The molecule has 104 valence electrons. The van der Waals surface area contributed by atoms with E-state index in [2.05, 4.69) is 20.7 Å². The van der Waals surface area contributed by atoms with Gasteiger partial charge in [0.25, 0.3) is 0 Å². The van der Waals surface area contributed by atoms with Crippen molar-refractivity contribution in [1.82, 2.24) is 14.9 Å². The number of hydrogen-bond donors (Lipinski definition) is 3. The summed E-state index contributed by atoms with van der Waals surface area (Å²) in [6, 6.07) is 0. The van der Waals surface area contributed by atoms with E-state index in [0.717, 1.165) is 31.5 Å². The van der Waals surface area contributed by atoms with Gasteiger partial charge in [0, 0.05) is 18.7 Å². The van der Waals surface area contributed by atoms with E-state index in [0.29, 0.717) is 17.5 Å². The van der Waals surface area contributed by atoms with E-state index < -0.39 is 0 Å². The molecular formula is C12H20N6O. The number of hydrazine groups is 1. The number of aryl methyl sites for hydroxylation is 1. The van der Waals surface area contributed by atoms with Crippen LogP contribution in [0.1, 0.15) is 24.2 Å². The van der Waals surface area contributed by atoms with Gasteiger partial charge in [0.2, 0.25) is 5.91 Å². The Morgan fingerprint density at radius 3 is 2.53 bits per heavy atom. The van der Waals surface area contributed by atoms with Gasteiger partial charge in [-0.05, 0) is 26.7 Å². The van der Waals surface area contributed by atoms with Gasteiger partial charge in [-0.1, -0.05) is 0 Å². The second kappa shape index (κ2) is 5.83. The fraction of sp³-hybridized carbons (Fsp3) is 0.583. The van der Waals surface area contributed by atoms with Crippen molar-refractivity contribution < 1.29 is 4.79 Å². The summed E-state index contributed by atoms with van der Waals surface area (Å²) < 4.78 is 0. The van der Waals surface area contributed by atoms with Crippen LogP contribution in [-0.4, -0.2) is 40.4 Å². The molecular weight excluding hydrogens is 244 g/mol. The van der Waals surface area contributed by atoms with E-state index in [-0.39, 0.29) is 12.5 Å². The third-order valence-corrected chi connectivity index (χ3v) is 3.26. The van der Waals surface area contributed by atoms with E-state index >= 15 is 0 Å². The summed E-state index contributed by atoms with van der Waals surface area (Å²) in [7, 11) is 0. The van der Waals surface area contributed by atoms with Gasteiger partial charge in [-0.2, -0.15) is 0 Å². The second-order valence-electron chi connectivity index (χ2n) is 4.68. The number of nitrogen functional groups attached to an aromatic ring is 1. The van der Waals surface area contributed by atoms with Crippen LogP contribution in [0.15, 0.2) is 0 Å². The number of nitrogens with one attached hydrogen (secondary N) is 2. The van der Waals surface area contributed by atoms with Crippen molar-refractivity contribution in [2.75, 3.05) is 30.4 Å². The SMILES string of the molecule is Cc1nc(NN)c(C)c(NCC(=O)N2CCCC2)n1. The predicted octanol–water partition coefficient (Wildman–Crippen LogP) is 0.413. The van der Waals surface area contributed by atoms with Gasteiger partial charge < -0.3 is 15.6 Å². The standard InChI is InChI=1S/C12H20N6O/c1-8-11(15-9(2)16-12(8)17-13)14-7-10(19)18-5-3-4-6-18/h3-7,13H2,1-2H3,(H2,14,15,16,17). The number of nitrogens with zero attached hydrogens (tertiary/aromatic N) is 3. The molecule has 0 saturated carbocycles. The Labute approximate surface area is 112 Å². The summed E-state index contributed by atoms with van der Waals surface area (Å²) in [5, 5.41) is 3.07. The highest BCUT2D eigenvalue weighted by Crippen LogP contribution is 2.18. The van der Waals surface area contributed by atoms with Crippen molar-refractivity contribution in [2.45, 2.75) is 26.7 Å². The zero-order valence-corrected chi connectivity index (χ0v) is 11.4. The Kier molecular flexibility index (Phi) is 4.16. The number of anilines is 2. The molecule has 7 heteroatoms. The summed E-state index contributed by atoms with van der Waals surface area (Å²) in [5.74, 6) is 7.33. The largest absolute Gasteiger partial charge is 0.361 e. The highest BCUT2D eigenvalue weighted by molar-refractivity contribution is 5.81. The summed E-state index contributed by atoms with van der Waals surface area (Å²) in [6.07, 6.45) is 2.19. The molecule has 1 aliphatic rings. The van der Waals surface area contributed by atoms with Crippen LogP contribution in [0.25, 0.3) is 0 Å². The number of aromatic nitrogens is 2. The first-order chi connectivity index (χ1) is 9.11. The molecule has 2 heterocycles. The molecule has 1 aromatic rings. The van der Waals surface area contributed by atoms with Crippen molar-refractivity contribution in [1.29, 1.82) is 0 Å². The topological polar surface area (TPSA) is 96.2 Å². The van der Waals surface area contributed by atoms with Gasteiger partial charge >= 0.3 is 0 Å². The molecule has 7 nitrogen and oxygen atoms in total. The number of hydrogen-bond acceptors (Lipinski definition) is 6. The Morgan fingerprint density at radius 2 is 1.89 bits per heavy atom. The van der Waals surface area contributed by atoms with Crippen molar-refractivity contribution in [3.8, 4) is 0 Å². The summed E-state index contributed by atoms with van der Waals surface area (Å²) in [5.41, 5.74) is 3.34. The average Bonchev–Trinajstić information content (AvgIpc) is 2.93. The van der Waals surface area contributed by atoms with Gasteiger partial charge in [-0.25, -0.2) is 15.8 Å². The number of amides is 1. The number of rotatable bonds is 4. The maximum atomic E-state index is 11.9. The molecule has 19 heavy (non-hydrogen) atoms. The molecule has 1 aliphatic heterocycles. The van der Waals surface area contributed by atoms with E-state index in [9.17, 15) is 4.79 Å². The van der Waals surface area contributed by atoms with Gasteiger partial charge in [-0.3, -0.25) is 4.79 Å². The molecule has 0 radical (unpaired) electrons. The molecule has 1 aromatic heterocycles. The molecule has 2 rings (SSSR count). The normalized spacial score (nSPS) is 14.6. The summed E-state index contributed by atoms with van der Waals surface area (Å²) in [4.78, 5) is 22.3. The molecule has 1 amide bonds. The van der Waals surface area contributed by atoms with Gasteiger partial charge in [0.15, 0.2) is 0 Å². The molecule has 4 N–H and O–H groups in total. The van der Waals surface area contributed by atoms with Crippen LogP contribution < -0.4 is 16.6 Å². The minimum Gasteiger partial charge on any atom is -0.361 e. The quantitative estimate of drug-likeness (QED) is 0.538. The van der Waals surface area contributed by atoms with Crippen LogP contribution in [0.5, 0.6) is 0 Å². The fourth-order valence-electron chi connectivity index (χ4n) is 2.18. The smallest absolute Gasteiger partial charge is 0.241 e. The number of carbonyl (C=O) groups excluding carboxylic acids is 1. The fourth-order valence-corrected chi connectivity index (χ4v) is 2.18. The number of likely N-dealkylation sites (tertiary alicyclic amines) is 1. The van der Waals surface area contributed by atoms with Gasteiger partial charge in [0.1, 0.15) is 17.5 Å². The Balaban J connectivity index is 2.02. The molecule has 0 aliphatic carbocycles. The lowest BCUT2D eigenvalue weighted by atomic mass is 10.3. The highest BCUT2D eigenvalue weighted by Gasteiger charge is 2.18. The van der Waals surface area contributed by atoms with Crippen LogP contribution >= 0.6 is 0 Å². The number of carbonyl (C=O) groups is 1. The Hall–Kier alpha value is -1.89. The lowest BCUT2D eigenvalue weighted by Gasteiger charge is -2.17. The summed E-state index contributed by atoms with van der Waals surface area (Å²) >= 11 is 0. The lowest BCUT2D eigenvalue weighted by molar-refractivity contribution is -0.128. The molecule has 0 atom stereocenters. The first kappa shape index (κ1) is 13.5. The van der Waals surface area contributed by atoms with Crippen LogP contribution in [0.4, 0.5) is 11.6 Å². The van der Waals surface area contributed by atoms with E-state index in [1.54, 1.807) is 6.92 Å². The lowest BCUT2D eigenvalue weighted by Crippen LogP contribution is -2.33. The zero-order valence-electron chi connectivity index (χ0n) is 11.4. The average molecular weight is 264 g/mol. The van der Waals surface area contributed by atoms with Crippen LogP contribution in [0.3, 0.4) is 0 Å². The molecule has 0 bridgehead atoms. The number of nitrogens with two attached hydrogens (primary N) is 1. The molecule has 0 aromatic carbocycles. The minimum atomic E-state index is 0.107. The first-order valence-corrected chi connectivity index (χ1v) is 6.45. The van der Waals surface area contributed by atoms with Crippen molar-refractivity contribution in [2.24, 2.45) is 5.84 Å². The van der Waals surface area contributed by atoms with Crippen LogP contribution in [0, 0.1) is 13.8 Å². The Bertz CT molecular complexity index is 470. The first-order valence-electron chi connectivity index (χ1n) is 6.45. The summed E-state index contributed by atoms with van der Waals surface area (Å²) in [6.45, 7) is 5.61. The van der Waals surface area contributed by atoms with Crippen molar-refractivity contribution in [3.63, 3.8) is 0 Å². The monoisotopic (exact) mass is 264 g/mol. The second-order valence-corrected chi connectivity index (χ2v) is 4.68. The third-order valence-electron chi connectivity index (χ3n) is 3.26. The van der Waals surface area contributed by atoms with E-state index in [4.69, 9.17) is 5.84 Å². The van der Waals surface area contributed by atoms with Gasteiger partial charge in [0.05, 0.1) is 6.54 Å². The minimum absolute atomic E-state index is 0.107. The molecule has 0 unspecified atom stereocenters. The maximum Gasteiger partial charge on any atom is 0.241 e. The van der Waals surface area contributed by atoms with Gasteiger partial charge in [-0.15, -0.1) is 0 Å². The van der Waals surface area contributed by atoms with E-state index in [1.165, 1.54) is 0 Å². The third kappa shape index (κ3) is 3.11. The molecule has 1 fully saturated rings. The molecule has 1 saturated heterocycles. The Morgan fingerprint density at radius 1 is 1.26 bits per heavy atom. The van der Waals surface area contributed by atoms with Crippen molar-refractivity contribution >= 4 is 17.5 Å². The predicted molar refractivity (Wildman–Crippen MR) is 73.6 cm³/mol. The van der Waals surface area contributed by atoms with Crippen LogP contribution in [-0.2, 0) is 4.79 Å². The zero-order chi connectivity index (χ0) is 13.8.